The fraction of sp³-hybridized carbons (Fsp3) is 0. The van der Waals surface area contributed by atoms with E-state index in [1.54, 1.807) is 42.5 Å². The topological polar surface area (TPSA) is 121 Å². The average Bonchev–Trinajstić information content (AvgIpc) is 2.61. The third kappa shape index (κ3) is 2.76. The molecule has 0 atom stereocenters. The van der Waals surface area contributed by atoms with Crippen LogP contribution in [-0.4, -0.2) is 25.8 Å². The number of nitrogens with one attached hydrogen (secondary N) is 3. The number of nitrogens with zero attached hydrogens (tertiary/aromatic N) is 2. The fourth-order valence-corrected chi connectivity index (χ4v) is 2.47. The van der Waals surface area contributed by atoms with Crippen LogP contribution in [0.2, 0.25) is 0 Å². The van der Waals surface area contributed by atoms with Gasteiger partial charge in [0.1, 0.15) is 0 Å². The Morgan fingerprint density at radius 3 is 2.52 bits per heavy atom. The third-order valence-electron chi connectivity index (χ3n) is 3.63. The summed E-state index contributed by atoms with van der Waals surface area (Å²) in [5, 5.41) is 2.77. The monoisotopic (exact) mass is 333 g/mol. The van der Waals surface area contributed by atoms with Gasteiger partial charge in [-0.3, -0.25) is 19.6 Å². The van der Waals surface area contributed by atoms with Crippen LogP contribution in [0.25, 0.3) is 22.2 Å². The predicted octanol–water partition coefficient (Wildman–Crippen LogP) is 1.41. The molecule has 0 aliphatic heterocycles. The molecule has 0 aliphatic carbocycles. The maximum Gasteiger partial charge on any atom is 0.327 e. The summed E-state index contributed by atoms with van der Waals surface area (Å²) in [5.74, 6) is -0.254. The minimum Gasteiger partial charge on any atom is -0.322 e. The molecule has 0 spiro atoms. The van der Waals surface area contributed by atoms with Crippen molar-refractivity contribution >= 4 is 33.8 Å². The van der Waals surface area contributed by atoms with Crippen LogP contribution in [0.4, 0.5) is 5.69 Å². The van der Waals surface area contributed by atoms with Crippen molar-refractivity contribution in [1.29, 1.82) is 0 Å². The lowest BCUT2D eigenvalue weighted by molar-refractivity contribution is 0.102. The van der Waals surface area contributed by atoms with Crippen LogP contribution in [0.3, 0.4) is 0 Å². The maximum atomic E-state index is 12.2. The van der Waals surface area contributed by atoms with E-state index < -0.39 is 11.2 Å². The van der Waals surface area contributed by atoms with Crippen molar-refractivity contribution in [3.8, 4) is 0 Å². The highest BCUT2D eigenvalue weighted by Crippen LogP contribution is 2.18. The number of carbonyl (C=O) groups excluding carboxylic acids is 1. The van der Waals surface area contributed by atoms with Crippen LogP contribution in [0.5, 0.6) is 0 Å². The zero-order chi connectivity index (χ0) is 17.4. The Hall–Kier alpha value is -3.81. The van der Waals surface area contributed by atoms with E-state index >= 15 is 0 Å². The minimum atomic E-state index is -0.641. The van der Waals surface area contributed by atoms with Crippen LogP contribution in [0, 0.1) is 0 Å². The average molecular weight is 333 g/mol. The molecule has 122 valence electrons. The Kier molecular flexibility index (Phi) is 3.35. The van der Waals surface area contributed by atoms with E-state index in [0.29, 0.717) is 22.3 Å². The summed E-state index contributed by atoms with van der Waals surface area (Å²) >= 11 is 0. The number of rotatable bonds is 2. The molecule has 4 rings (SSSR count). The number of anilines is 1. The van der Waals surface area contributed by atoms with Crippen molar-refractivity contribution < 1.29 is 4.79 Å². The molecule has 8 heteroatoms. The second-order valence-corrected chi connectivity index (χ2v) is 5.35. The summed E-state index contributed by atoms with van der Waals surface area (Å²) in [7, 11) is 0. The van der Waals surface area contributed by atoms with Gasteiger partial charge in [-0.05, 0) is 30.3 Å². The van der Waals surface area contributed by atoms with Crippen molar-refractivity contribution in [2.45, 2.75) is 0 Å². The molecule has 0 bridgehead atoms. The third-order valence-corrected chi connectivity index (χ3v) is 3.63. The number of aromatic amines is 2. The van der Waals surface area contributed by atoms with E-state index in [1.807, 2.05) is 6.07 Å². The van der Waals surface area contributed by atoms with Gasteiger partial charge < -0.3 is 5.32 Å². The number of carbonyl (C=O) groups is 1. The highest BCUT2D eigenvalue weighted by Gasteiger charge is 2.09. The van der Waals surface area contributed by atoms with E-state index in [1.165, 1.54) is 0 Å². The van der Waals surface area contributed by atoms with E-state index in [2.05, 4.69) is 25.3 Å². The highest BCUT2D eigenvalue weighted by molar-refractivity contribution is 6.05. The molecule has 0 saturated heterocycles. The van der Waals surface area contributed by atoms with Crippen LogP contribution >= 0.6 is 0 Å². The Bertz CT molecular complexity index is 1230. The number of hydrogen-bond donors (Lipinski definition) is 3. The van der Waals surface area contributed by atoms with Gasteiger partial charge in [-0.2, -0.15) is 0 Å². The summed E-state index contributed by atoms with van der Waals surface area (Å²) in [5.41, 5.74) is 0.852. The second kappa shape index (κ2) is 5.68. The lowest BCUT2D eigenvalue weighted by Gasteiger charge is -2.06. The molecule has 25 heavy (non-hydrogen) atoms. The summed E-state index contributed by atoms with van der Waals surface area (Å²) in [6.07, 6.45) is 0. The fourth-order valence-electron chi connectivity index (χ4n) is 2.47. The molecule has 0 fully saturated rings. The van der Waals surface area contributed by atoms with Gasteiger partial charge in [0.15, 0.2) is 11.2 Å². The number of H-pyrrole nitrogens is 2. The van der Waals surface area contributed by atoms with Gasteiger partial charge >= 0.3 is 5.69 Å². The van der Waals surface area contributed by atoms with Crippen molar-refractivity contribution in [3.63, 3.8) is 0 Å². The van der Waals surface area contributed by atoms with Crippen LogP contribution in [0.1, 0.15) is 10.4 Å². The molecule has 8 nitrogen and oxygen atoms in total. The molecular weight excluding hydrogens is 322 g/mol. The number of fused-ring (bicyclic) bond motifs is 2. The zero-order valence-electron chi connectivity index (χ0n) is 12.7. The van der Waals surface area contributed by atoms with Crippen molar-refractivity contribution in [2.75, 3.05) is 5.32 Å². The zero-order valence-corrected chi connectivity index (χ0v) is 12.7. The Labute approximate surface area is 139 Å². The molecule has 0 aliphatic rings. The van der Waals surface area contributed by atoms with Gasteiger partial charge in [0, 0.05) is 11.3 Å². The standard InChI is InChI=1S/C17H11N5O3/c23-15(9-4-2-1-3-5-9)18-10-6-7-11-12(8-10)19-13-14(20-11)21-17(25)22-16(13)24/h1-8H,(H,18,23)(H2,20,21,22,24,25). The molecule has 2 aromatic heterocycles. The molecule has 0 unspecified atom stereocenters. The van der Waals surface area contributed by atoms with E-state index in [-0.39, 0.29) is 17.1 Å². The molecule has 4 aromatic rings. The van der Waals surface area contributed by atoms with Gasteiger partial charge in [-0.25, -0.2) is 14.8 Å². The second-order valence-electron chi connectivity index (χ2n) is 5.35. The van der Waals surface area contributed by atoms with Gasteiger partial charge in [-0.1, -0.05) is 18.2 Å². The molecule has 0 saturated carbocycles. The van der Waals surface area contributed by atoms with Gasteiger partial charge in [0.2, 0.25) is 0 Å². The van der Waals surface area contributed by atoms with Gasteiger partial charge in [-0.15, -0.1) is 0 Å². The van der Waals surface area contributed by atoms with Crippen molar-refractivity contribution in [3.05, 3.63) is 74.9 Å². The first-order valence-electron chi connectivity index (χ1n) is 7.41. The first-order chi connectivity index (χ1) is 12.1. The maximum absolute atomic E-state index is 12.2. The number of aromatic nitrogens is 4. The first kappa shape index (κ1) is 14.8. The van der Waals surface area contributed by atoms with Crippen molar-refractivity contribution in [1.82, 2.24) is 19.9 Å². The largest absolute Gasteiger partial charge is 0.327 e. The van der Waals surface area contributed by atoms with E-state index in [0.717, 1.165) is 0 Å². The lowest BCUT2D eigenvalue weighted by atomic mass is 10.2. The molecule has 2 heterocycles. The quantitative estimate of drug-likeness (QED) is 0.479. The SMILES string of the molecule is O=C(Nc1ccc2nc3[nH]c(=O)[nH]c(=O)c3nc2c1)c1ccccc1. The van der Waals surface area contributed by atoms with E-state index in [9.17, 15) is 14.4 Å². The minimum absolute atomic E-state index is 0.0265. The summed E-state index contributed by atoms with van der Waals surface area (Å²) < 4.78 is 0. The molecular formula is C17H11N5O3. The Morgan fingerprint density at radius 1 is 0.920 bits per heavy atom. The predicted molar refractivity (Wildman–Crippen MR) is 92.7 cm³/mol. The molecule has 0 radical (unpaired) electrons. The number of benzene rings is 2. The normalized spacial score (nSPS) is 10.9. The Morgan fingerprint density at radius 2 is 1.72 bits per heavy atom. The molecule has 2 aromatic carbocycles. The number of amides is 1. The van der Waals surface area contributed by atoms with E-state index in [4.69, 9.17) is 0 Å². The van der Waals surface area contributed by atoms with Gasteiger partial charge in [0.25, 0.3) is 11.5 Å². The van der Waals surface area contributed by atoms with Crippen LogP contribution in [-0.2, 0) is 0 Å². The smallest absolute Gasteiger partial charge is 0.322 e. The summed E-state index contributed by atoms with van der Waals surface area (Å²) in [4.78, 5) is 48.4. The highest BCUT2D eigenvalue weighted by atomic mass is 16.2. The lowest BCUT2D eigenvalue weighted by Crippen LogP contribution is -2.23. The molecule has 1 amide bonds. The van der Waals surface area contributed by atoms with Crippen LogP contribution in [0.15, 0.2) is 58.1 Å². The first-order valence-corrected chi connectivity index (χ1v) is 7.41. The molecule has 3 N–H and O–H groups in total. The number of hydrogen-bond acceptors (Lipinski definition) is 5. The van der Waals surface area contributed by atoms with Crippen molar-refractivity contribution in [2.24, 2.45) is 0 Å². The van der Waals surface area contributed by atoms with Crippen LogP contribution < -0.4 is 16.6 Å². The Balaban J connectivity index is 1.77. The summed E-state index contributed by atoms with van der Waals surface area (Å²) in [6, 6.07) is 13.7. The van der Waals surface area contributed by atoms with Gasteiger partial charge in [0.05, 0.1) is 11.0 Å². The summed E-state index contributed by atoms with van der Waals surface area (Å²) in [6.45, 7) is 0.